The van der Waals surface area contributed by atoms with E-state index in [9.17, 15) is 9.59 Å². The largest absolute Gasteiger partial charge is 0.496 e. The van der Waals surface area contributed by atoms with Crippen molar-refractivity contribution in [3.8, 4) is 5.75 Å². The number of H-pyrrole nitrogens is 1. The lowest BCUT2D eigenvalue weighted by Gasteiger charge is -2.13. The van der Waals surface area contributed by atoms with Crippen LogP contribution < -0.4 is 4.74 Å². The van der Waals surface area contributed by atoms with Gasteiger partial charge in [0.25, 0.3) is 5.91 Å². The first-order valence-electron chi connectivity index (χ1n) is 8.80. The van der Waals surface area contributed by atoms with E-state index in [1.807, 2.05) is 24.0 Å². The predicted octanol–water partition coefficient (Wildman–Crippen LogP) is 3.68. The highest BCUT2D eigenvalue weighted by atomic mass is 32.2. The van der Waals surface area contributed by atoms with Gasteiger partial charge < -0.3 is 14.6 Å². The summed E-state index contributed by atoms with van der Waals surface area (Å²) in [7, 11) is 1.66. The van der Waals surface area contributed by atoms with Crippen molar-refractivity contribution in [3.05, 3.63) is 52.8 Å². The summed E-state index contributed by atoms with van der Waals surface area (Å²) in [6.07, 6.45) is 3.74. The maximum absolute atomic E-state index is 12.4. The molecule has 5 nitrogen and oxygen atoms in total. The Morgan fingerprint density at radius 3 is 2.73 bits per heavy atom. The second-order valence-corrected chi connectivity index (χ2v) is 7.52. The third kappa shape index (κ3) is 4.30. The Morgan fingerprint density at radius 1 is 1.23 bits per heavy atom. The highest BCUT2D eigenvalue weighted by Crippen LogP contribution is 2.25. The summed E-state index contributed by atoms with van der Waals surface area (Å²) in [5.41, 5.74) is 3.32. The van der Waals surface area contributed by atoms with Gasteiger partial charge >= 0.3 is 0 Å². The van der Waals surface area contributed by atoms with Gasteiger partial charge in [0, 0.05) is 36.2 Å². The van der Waals surface area contributed by atoms with Crippen LogP contribution in [-0.2, 0) is 5.75 Å². The fourth-order valence-corrected chi connectivity index (χ4v) is 4.03. The molecule has 1 aliphatic rings. The van der Waals surface area contributed by atoms with Crippen molar-refractivity contribution in [2.24, 2.45) is 0 Å². The minimum atomic E-state index is -0.0151. The average molecular weight is 372 g/mol. The van der Waals surface area contributed by atoms with Gasteiger partial charge in [-0.05, 0) is 31.9 Å². The third-order valence-corrected chi connectivity index (χ3v) is 5.54. The number of methoxy groups -OCH3 is 1. The van der Waals surface area contributed by atoms with Crippen LogP contribution in [0.4, 0.5) is 0 Å². The van der Waals surface area contributed by atoms with E-state index in [1.165, 1.54) is 5.56 Å². The third-order valence-electron chi connectivity index (χ3n) is 4.56. The average Bonchev–Trinajstić information content (AvgIpc) is 3.33. The summed E-state index contributed by atoms with van der Waals surface area (Å²) in [6.45, 7) is 3.64. The number of ether oxygens (including phenoxy) is 1. The number of carbonyl (C=O) groups is 2. The number of benzene rings is 1. The number of hydrogen-bond donors (Lipinski definition) is 1. The number of nitrogens with one attached hydrogen (secondary N) is 1. The van der Waals surface area contributed by atoms with Crippen molar-refractivity contribution >= 4 is 23.5 Å². The second kappa shape index (κ2) is 8.45. The first kappa shape index (κ1) is 18.6. The maximum Gasteiger partial charge on any atom is 0.270 e. The van der Waals surface area contributed by atoms with Gasteiger partial charge in [-0.3, -0.25) is 9.59 Å². The fourth-order valence-electron chi connectivity index (χ4n) is 3.13. The molecule has 1 aliphatic heterocycles. The molecule has 1 amide bonds. The number of aromatic amines is 1. The molecule has 1 aromatic carbocycles. The van der Waals surface area contributed by atoms with E-state index in [0.29, 0.717) is 22.8 Å². The zero-order valence-electron chi connectivity index (χ0n) is 15.2. The number of aryl methyl sites for hydroxylation is 1. The van der Waals surface area contributed by atoms with Gasteiger partial charge in [-0.15, -0.1) is 11.8 Å². The SMILES string of the molecule is COc1ccc(C)cc1CSCC(=O)c1c[nH]c(C(=O)N2CCCC2)c1. The van der Waals surface area contributed by atoms with Crippen LogP contribution in [0.1, 0.15) is 44.8 Å². The predicted molar refractivity (Wildman–Crippen MR) is 104 cm³/mol. The van der Waals surface area contributed by atoms with E-state index in [1.54, 1.807) is 31.1 Å². The number of likely N-dealkylation sites (tertiary alicyclic amines) is 1. The summed E-state index contributed by atoms with van der Waals surface area (Å²) in [5.74, 6) is 1.93. The molecule has 0 spiro atoms. The van der Waals surface area contributed by atoms with E-state index in [4.69, 9.17) is 4.74 Å². The zero-order valence-corrected chi connectivity index (χ0v) is 16.0. The number of hydrogen-bond acceptors (Lipinski definition) is 4. The van der Waals surface area contributed by atoms with Crippen LogP contribution in [0.25, 0.3) is 0 Å². The van der Waals surface area contributed by atoms with Crippen LogP contribution in [-0.4, -0.2) is 47.5 Å². The molecule has 1 saturated heterocycles. The minimum Gasteiger partial charge on any atom is -0.496 e. The first-order chi connectivity index (χ1) is 12.6. The van der Waals surface area contributed by atoms with Crippen molar-refractivity contribution in [1.82, 2.24) is 9.88 Å². The molecule has 26 heavy (non-hydrogen) atoms. The van der Waals surface area contributed by atoms with E-state index >= 15 is 0 Å². The van der Waals surface area contributed by atoms with Gasteiger partial charge in [-0.2, -0.15) is 0 Å². The molecule has 1 aromatic heterocycles. The summed E-state index contributed by atoms with van der Waals surface area (Å²) in [6, 6.07) is 7.72. The number of nitrogens with zero attached hydrogens (tertiary/aromatic N) is 1. The molecule has 0 bridgehead atoms. The molecule has 6 heteroatoms. The number of aromatic nitrogens is 1. The van der Waals surface area contributed by atoms with Crippen LogP contribution >= 0.6 is 11.8 Å². The van der Waals surface area contributed by atoms with Crippen LogP contribution in [0.5, 0.6) is 5.75 Å². The quantitative estimate of drug-likeness (QED) is 0.753. The molecular weight excluding hydrogens is 348 g/mol. The molecule has 2 heterocycles. The normalized spacial score (nSPS) is 13.8. The van der Waals surface area contributed by atoms with E-state index in [0.717, 1.165) is 37.2 Å². The number of amides is 1. The fraction of sp³-hybridized carbons (Fsp3) is 0.400. The lowest BCUT2D eigenvalue weighted by molar-refractivity contribution is 0.0787. The Hall–Kier alpha value is -2.21. The lowest BCUT2D eigenvalue weighted by Crippen LogP contribution is -2.27. The van der Waals surface area contributed by atoms with Crippen LogP contribution in [0.2, 0.25) is 0 Å². The Labute approximate surface area is 158 Å². The van der Waals surface area contributed by atoms with Gasteiger partial charge in [-0.1, -0.05) is 17.7 Å². The smallest absolute Gasteiger partial charge is 0.270 e. The number of ketones is 1. The molecule has 0 unspecified atom stereocenters. The second-order valence-electron chi connectivity index (χ2n) is 6.53. The Balaban J connectivity index is 1.56. The summed E-state index contributed by atoms with van der Waals surface area (Å²) in [5, 5.41) is 0. The van der Waals surface area contributed by atoms with E-state index in [-0.39, 0.29) is 11.7 Å². The van der Waals surface area contributed by atoms with Gasteiger partial charge in [0.1, 0.15) is 11.4 Å². The number of carbonyl (C=O) groups excluding carboxylic acids is 2. The Kier molecular flexibility index (Phi) is 6.04. The van der Waals surface area contributed by atoms with Crippen molar-refractivity contribution < 1.29 is 14.3 Å². The monoisotopic (exact) mass is 372 g/mol. The van der Waals surface area contributed by atoms with Crippen LogP contribution in [0.3, 0.4) is 0 Å². The van der Waals surface area contributed by atoms with Gasteiger partial charge in [0.2, 0.25) is 0 Å². The topological polar surface area (TPSA) is 62.4 Å². The van der Waals surface area contributed by atoms with Crippen molar-refractivity contribution in [2.45, 2.75) is 25.5 Å². The molecule has 1 N–H and O–H groups in total. The van der Waals surface area contributed by atoms with Gasteiger partial charge in [0.05, 0.1) is 12.9 Å². The molecule has 138 valence electrons. The molecule has 1 fully saturated rings. The Bertz CT molecular complexity index is 794. The lowest BCUT2D eigenvalue weighted by atomic mass is 10.1. The summed E-state index contributed by atoms with van der Waals surface area (Å²) < 4.78 is 5.38. The highest BCUT2D eigenvalue weighted by molar-refractivity contribution is 7.99. The Morgan fingerprint density at radius 2 is 2.00 bits per heavy atom. The van der Waals surface area contributed by atoms with Gasteiger partial charge in [0.15, 0.2) is 5.78 Å². The molecule has 0 radical (unpaired) electrons. The van der Waals surface area contributed by atoms with Crippen LogP contribution in [0.15, 0.2) is 30.5 Å². The molecule has 0 aliphatic carbocycles. The van der Waals surface area contributed by atoms with E-state index in [2.05, 4.69) is 11.1 Å². The van der Waals surface area contributed by atoms with E-state index < -0.39 is 0 Å². The molecule has 0 saturated carbocycles. The standard InChI is InChI=1S/C20H24N2O3S/c1-14-5-6-19(25-2)16(9-14)12-26-13-18(23)15-10-17(21-11-15)20(24)22-7-3-4-8-22/h5-6,9-11,21H,3-4,7-8,12-13H2,1-2H3. The number of rotatable bonds is 7. The molecule has 2 aromatic rings. The summed E-state index contributed by atoms with van der Waals surface area (Å²) >= 11 is 1.55. The molecular formula is C20H24N2O3S. The van der Waals surface area contributed by atoms with Crippen molar-refractivity contribution in [3.63, 3.8) is 0 Å². The van der Waals surface area contributed by atoms with Gasteiger partial charge in [-0.25, -0.2) is 0 Å². The van der Waals surface area contributed by atoms with Crippen LogP contribution in [0, 0.1) is 6.92 Å². The maximum atomic E-state index is 12.4. The summed E-state index contributed by atoms with van der Waals surface area (Å²) in [4.78, 5) is 29.6. The highest BCUT2D eigenvalue weighted by Gasteiger charge is 2.21. The first-order valence-corrected chi connectivity index (χ1v) is 9.96. The number of thioether (sulfide) groups is 1. The zero-order chi connectivity index (χ0) is 18.5. The van der Waals surface area contributed by atoms with Crippen molar-refractivity contribution in [2.75, 3.05) is 26.0 Å². The molecule has 0 atom stereocenters. The number of Topliss-reactive ketones (excluding diaryl/α,β-unsaturated/α-hetero) is 1. The minimum absolute atomic E-state index is 0.0151. The van der Waals surface area contributed by atoms with Crippen molar-refractivity contribution in [1.29, 1.82) is 0 Å². The molecule has 3 rings (SSSR count).